The van der Waals surface area contributed by atoms with Gasteiger partial charge in [-0.1, -0.05) is 53.7 Å². The predicted octanol–water partition coefficient (Wildman–Crippen LogP) is 4.62. The number of oxime groups is 1. The van der Waals surface area contributed by atoms with Gasteiger partial charge in [0.05, 0.1) is 13.0 Å². The van der Waals surface area contributed by atoms with Gasteiger partial charge in [-0.15, -0.1) is 0 Å². The van der Waals surface area contributed by atoms with Gasteiger partial charge in [0.1, 0.15) is 0 Å². The fourth-order valence-corrected chi connectivity index (χ4v) is 4.96. The summed E-state index contributed by atoms with van der Waals surface area (Å²) in [4.78, 5) is 18.9. The largest absolute Gasteiger partial charge is 0.481 e. The van der Waals surface area contributed by atoms with Crippen LogP contribution in [0.15, 0.2) is 65.8 Å². The fraction of sp³-hybridized carbons (Fsp3) is 0.310. The maximum atomic E-state index is 10.9. The van der Waals surface area contributed by atoms with E-state index in [9.17, 15) is 4.79 Å². The number of hydrogen-bond donors (Lipinski definition) is 2. The van der Waals surface area contributed by atoms with Crippen molar-refractivity contribution in [3.63, 3.8) is 0 Å². The third kappa shape index (κ3) is 5.12. The predicted molar refractivity (Wildman–Crippen MR) is 139 cm³/mol. The number of benzene rings is 3. The second-order valence-electron chi connectivity index (χ2n) is 9.39. The Kier molecular flexibility index (Phi) is 7.02. The molecule has 0 aromatic heterocycles. The third-order valence-electron chi connectivity index (χ3n) is 6.90. The number of nitrogens with one attached hydrogen (secondary N) is 1. The maximum absolute atomic E-state index is 10.9. The van der Waals surface area contributed by atoms with Crippen LogP contribution < -0.4 is 5.32 Å². The molecule has 0 bridgehead atoms. The fourth-order valence-electron chi connectivity index (χ4n) is 4.96. The molecule has 7 nitrogen and oxygen atoms in total. The van der Waals surface area contributed by atoms with Gasteiger partial charge in [-0.05, 0) is 58.9 Å². The van der Waals surface area contributed by atoms with Gasteiger partial charge in [0.25, 0.3) is 0 Å². The molecule has 2 aliphatic heterocycles. The van der Waals surface area contributed by atoms with Crippen molar-refractivity contribution < 1.29 is 19.5 Å². The van der Waals surface area contributed by atoms with Gasteiger partial charge in [-0.3, -0.25) is 9.69 Å². The zero-order valence-corrected chi connectivity index (χ0v) is 20.7. The number of aryl methyl sites for hydroxylation is 1. The summed E-state index contributed by atoms with van der Waals surface area (Å²) < 4.78 is 5.50. The van der Waals surface area contributed by atoms with E-state index < -0.39 is 5.97 Å². The Morgan fingerprint density at radius 1 is 1.14 bits per heavy atom. The second kappa shape index (κ2) is 10.5. The monoisotopic (exact) mass is 485 g/mol. The first-order valence-electron chi connectivity index (χ1n) is 12.3. The molecule has 1 unspecified atom stereocenters. The standard InChI is InChI=1S/C29H31N3O4/c1-19-5-3-4-6-25(19)26-10-9-22(16-24(26)18-35-2)29-30-28(31-36-29)21-7-8-23-17-32(14-12-27(33)34)13-11-20(23)15-21/h3-10,15-16,29H,11-14,17-18H2,1-2H3,(H,30,31)(H,33,34). The van der Waals surface area contributed by atoms with Crippen LogP contribution in [0.25, 0.3) is 11.1 Å². The summed E-state index contributed by atoms with van der Waals surface area (Å²) in [5.41, 5.74) is 9.17. The number of ether oxygens (including phenoxy) is 1. The SMILES string of the molecule is COCc1cc(C2NC(c3ccc4c(c3)CCN(CCC(=O)O)C4)=NO2)ccc1-c1ccccc1C. The molecule has 3 aromatic rings. The molecule has 2 heterocycles. The number of rotatable bonds is 8. The highest BCUT2D eigenvalue weighted by Gasteiger charge is 2.25. The lowest BCUT2D eigenvalue weighted by molar-refractivity contribution is -0.137. The average molecular weight is 486 g/mol. The van der Waals surface area contributed by atoms with Gasteiger partial charge < -0.3 is 20.0 Å². The molecule has 2 aliphatic rings. The Labute approximate surface area is 211 Å². The first kappa shape index (κ1) is 24.0. The van der Waals surface area contributed by atoms with Crippen molar-refractivity contribution in [2.45, 2.75) is 39.1 Å². The number of carbonyl (C=O) groups is 1. The van der Waals surface area contributed by atoms with Gasteiger partial charge in [0.2, 0.25) is 6.23 Å². The van der Waals surface area contributed by atoms with E-state index in [1.165, 1.54) is 22.3 Å². The summed E-state index contributed by atoms with van der Waals surface area (Å²) >= 11 is 0. The number of amidine groups is 1. The normalized spacial score (nSPS) is 17.2. The van der Waals surface area contributed by atoms with E-state index in [1.54, 1.807) is 7.11 Å². The van der Waals surface area contributed by atoms with Crippen molar-refractivity contribution in [1.29, 1.82) is 0 Å². The molecule has 2 N–H and O–H groups in total. The highest BCUT2D eigenvalue weighted by atomic mass is 16.7. The zero-order chi connectivity index (χ0) is 25.1. The number of fused-ring (bicyclic) bond motifs is 1. The van der Waals surface area contributed by atoms with Gasteiger partial charge in [0, 0.05) is 37.9 Å². The first-order chi connectivity index (χ1) is 17.5. The molecule has 0 saturated heterocycles. The summed E-state index contributed by atoms with van der Waals surface area (Å²) in [6.07, 6.45) is 0.690. The number of aliphatic carboxylic acids is 1. The highest BCUT2D eigenvalue weighted by Crippen LogP contribution is 2.31. The molecule has 36 heavy (non-hydrogen) atoms. The van der Waals surface area contributed by atoms with E-state index in [2.05, 4.69) is 83.0 Å². The number of hydrogen-bond acceptors (Lipinski definition) is 6. The molecule has 0 fully saturated rings. The minimum Gasteiger partial charge on any atom is -0.481 e. The number of methoxy groups -OCH3 is 1. The number of nitrogens with zero attached hydrogens (tertiary/aromatic N) is 2. The van der Waals surface area contributed by atoms with Crippen LogP contribution in [0.1, 0.15) is 46.0 Å². The molecule has 1 atom stereocenters. The summed E-state index contributed by atoms with van der Waals surface area (Å²) in [5.74, 6) is -0.0393. The van der Waals surface area contributed by atoms with Crippen LogP contribution in [-0.2, 0) is 33.9 Å². The van der Waals surface area contributed by atoms with Gasteiger partial charge in [0.15, 0.2) is 5.84 Å². The molecule has 0 radical (unpaired) electrons. The zero-order valence-electron chi connectivity index (χ0n) is 20.7. The van der Waals surface area contributed by atoms with Crippen molar-refractivity contribution >= 4 is 11.8 Å². The molecule has 0 saturated carbocycles. The Bertz CT molecular complexity index is 1300. The van der Waals surface area contributed by atoms with E-state index in [1.807, 2.05) is 0 Å². The lowest BCUT2D eigenvalue weighted by Gasteiger charge is -2.28. The molecule has 5 rings (SSSR count). The molecule has 3 aromatic carbocycles. The Morgan fingerprint density at radius 3 is 2.81 bits per heavy atom. The van der Waals surface area contributed by atoms with Crippen molar-refractivity contribution in [2.24, 2.45) is 5.16 Å². The summed E-state index contributed by atoms with van der Waals surface area (Å²) in [7, 11) is 1.71. The Balaban J connectivity index is 1.30. The molecular weight excluding hydrogens is 454 g/mol. The van der Waals surface area contributed by atoms with Crippen LogP contribution in [0.4, 0.5) is 0 Å². The van der Waals surface area contributed by atoms with Crippen molar-refractivity contribution in [1.82, 2.24) is 10.2 Å². The van der Waals surface area contributed by atoms with E-state index in [0.717, 1.165) is 41.8 Å². The van der Waals surface area contributed by atoms with Gasteiger partial charge in [-0.2, -0.15) is 0 Å². The van der Waals surface area contributed by atoms with E-state index in [4.69, 9.17) is 14.7 Å². The topological polar surface area (TPSA) is 83.4 Å². The second-order valence-corrected chi connectivity index (χ2v) is 9.39. The Morgan fingerprint density at radius 2 is 2.00 bits per heavy atom. The van der Waals surface area contributed by atoms with Crippen LogP contribution in [0.2, 0.25) is 0 Å². The third-order valence-corrected chi connectivity index (χ3v) is 6.90. The summed E-state index contributed by atoms with van der Waals surface area (Å²) in [6.45, 7) is 4.84. The minimum atomic E-state index is -0.754. The summed E-state index contributed by atoms with van der Waals surface area (Å²) in [6, 6.07) is 21.0. The minimum absolute atomic E-state index is 0.172. The lowest BCUT2D eigenvalue weighted by atomic mass is 9.94. The lowest BCUT2D eigenvalue weighted by Crippen LogP contribution is -2.32. The first-order valence-corrected chi connectivity index (χ1v) is 12.3. The van der Waals surface area contributed by atoms with Crippen molar-refractivity contribution in [3.8, 4) is 11.1 Å². The molecule has 0 spiro atoms. The highest BCUT2D eigenvalue weighted by molar-refractivity contribution is 5.99. The molecule has 0 aliphatic carbocycles. The van der Waals surface area contributed by atoms with Crippen LogP contribution in [0, 0.1) is 6.92 Å². The van der Waals surface area contributed by atoms with Crippen molar-refractivity contribution in [2.75, 3.05) is 20.2 Å². The van der Waals surface area contributed by atoms with Crippen LogP contribution in [-0.4, -0.2) is 42.0 Å². The Hall–Kier alpha value is -3.68. The quantitative estimate of drug-likeness (QED) is 0.484. The molecule has 186 valence electrons. The van der Waals surface area contributed by atoms with Crippen LogP contribution >= 0.6 is 0 Å². The van der Waals surface area contributed by atoms with Crippen molar-refractivity contribution in [3.05, 3.63) is 94.0 Å². The van der Waals surface area contributed by atoms with Crippen LogP contribution in [0.5, 0.6) is 0 Å². The molecular formula is C29H31N3O4. The van der Waals surface area contributed by atoms with E-state index in [0.29, 0.717) is 19.0 Å². The van der Waals surface area contributed by atoms with E-state index in [-0.39, 0.29) is 12.6 Å². The molecule has 7 heteroatoms. The number of carboxylic acid groups (broad SMARTS) is 1. The number of carboxylic acids is 1. The van der Waals surface area contributed by atoms with Crippen LogP contribution in [0.3, 0.4) is 0 Å². The van der Waals surface area contributed by atoms with Gasteiger partial charge >= 0.3 is 5.97 Å². The summed E-state index contributed by atoms with van der Waals surface area (Å²) in [5, 5.41) is 16.7. The smallest absolute Gasteiger partial charge is 0.304 e. The average Bonchev–Trinajstić information content (AvgIpc) is 3.38. The van der Waals surface area contributed by atoms with Gasteiger partial charge in [-0.25, -0.2) is 0 Å². The maximum Gasteiger partial charge on any atom is 0.304 e. The molecule has 0 amide bonds. The van der Waals surface area contributed by atoms with E-state index >= 15 is 0 Å².